The van der Waals surface area contributed by atoms with Gasteiger partial charge in [0.2, 0.25) is 0 Å². The molecule has 0 saturated carbocycles. The molecule has 1 atom stereocenters. The number of hydrogen-bond acceptors (Lipinski definition) is 0. The van der Waals surface area contributed by atoms with Crippen molar-refractivity contribution in [3.63, 3.8) is 0 Å². The minimum Gasteiger partial charge on any atom is -0.0622 e. The van der Waals surface area contributed by atoms with Gasteiger partial charge in [-0.1, -0.05) is 84.0 Å². The van der Waals surface area contributed by atoms with Gasteiger partial charge in [-0.2, -0.15) is 0 Å². The lowest BCUT2D eigenvalue weighted by atomic mass is 9.89. The molecule has 1 heteroatoms. The number of benzene rings is 2. The van der Waals surface area contributed by atoms with Crippen LogP contribution in [-0.2, 0) is 0 Å². The summed E-state index contributed by atoms with van der Waals surface area (Å²) in [6.45, 7) is 16.4. The van der Waals surface area contributed by atoms with Crippen LogP contribution in [-0.4, -0.2) is 6.66 Å². The highest BCUT2D eigenvalue weighted by atomic mass is 31.1. The van der Waals surface area contributed by atoms with Gasteiger partial charge in [0.05, 0.1) is 0 Å². The van der Waals surface area contributed by atoms with Crippen molar-refractivity contribution in [3.05, 3.63) is 59.2 Å². The van der Waals surface area contributed by atoms with Crippen LogP contribution < -0.4 is 10.6 Å². The van der Waals surface area contributed by atoms with Crippen LogP contribution >= 0.6 is 7.92 Å². The minimum absolute atomic E-state index is 0.309. The van der Waals surface area contributed by atoms with E-state index in [1.807, 2.05) is 0 Å². The van der Waals surface area contributed by atoms with E-state index in [0.717, 1.165) is 0 Å². The van der Waals surface area contributed by atoms with Crippen LogP contribution in [0.2, 0.25) is 0 Å². The molecule has 0 saturated heterocycles. The Labute approximate surface area is 144 Å². The number of hydrogen-bond donors (Lipinski definition) is 0. The van der Waals surface area contributed by atoms with Gasteiger partial charge in [0.1, 0.15) is 0 Å². The zero-order valence-corrected chi connectivity index (χ0v) is 16.6. The lowest BCUT2D eigenvalue weighted by molar-refractivity contribution is 0.813. The first kappa shape index (κ1) is 18.2. The summed E-state index contributed by atoms with van der Waals surface area (Å²) in [4.78, 5) is 0. The molecule has 0 bridgehead atoms. The largest absolute Gasteiger partial charge is 0.0622 e. The van der Waals surface area contributed by atoms with E-state index in [1.54, 1.807) is 16.4 Å². The Morgan fingerprint density at radius 2 is 1.17 bits per heavy atom. The van der Waals surface area contributed by atoms with Gasteiger partial charge in [0.25, 0.3) is 0 Å². The summed E-state index contributed by atoms with van der Waals surface area (Å²) in [6, 6.07) is 16.0. The Kier molecular flexibility index (Phi) is 6.04. The van der Waals surface area contributed by atoms with Crippen molar-refractivity contribution in [1.29, 1.82) is 0 Å². The first-order chi connectivity index (χ1) is 10.8. The zero-order valence-electron chi connectivity index (χ0n) is 15.7. The molecule has 0 fully saturated rings. The summed E-state index contributed by atoms with van der Waals surface area (Å²) in [6.07, 6.45) is 0. The Bertz CT molecular complexity index is 609. The third kappa shape index (κ3) is 4.04. The lowest BCUT2D eigenvalue weighted by Crippen LogP contribution is -2.22. The van der Waals surface area contributed by atoms with Gasteiger partial charge in [-0.15, -0.1) is 0 Å². The summed E-state index contributed by atoms with van der Waals surface area (Å²) in [7, 11) is -0.309. The monoisotopic (exact) mass is 326 g/mol. The average Bonchev–Trinajstić information content (AvgIpc) is 2.53. The second kappa shape index (κ2) is 7.63. The fourth-order valence-corrected chi connectivity index (χ4v) is 5.38. The van der Waals surface area contributed by atoms with E-state index >= 15 is 0 Å². The molecule has 0 N–H and O–H groups in total. The molecule has 2 aromatic rings. The van der Waals surface area contributed by atoms with Gasteiger partial charge in [-0.25, -0.2) is 0 Å². The highest BCUT2D eigenvalue weighted by molar-refractivity contribution is 7.72. The molecular weight excluding hydrogens is 295 g/mol. The topological polar surface area (TPSA) is 0 Å². The molecule has 2 rings (SSSR count). The third-order valence-corrected chi connectivity index (χ3v) is 6.84. The predicted molar refractivity (Wildman–Crippen MR) is 107 cm³/mol. The van der Waals surface area contributed by atoms with Crippen LogP contribution in [0.15, 0.2) is 42.5 Å². The molecule has 2 aromatic carbocycles. The van der Waals surface area contributed by atoms with Gasteiger partial charge in [0.15, 0.2) is 0 Å². The van der Waals surface area contributed by atoms with Crippen molar-refractivity contribution in [2.24, 2.45) is 0 Å². The normalized spacial score (nSPS) is 13.1. The van der Waals surface area contributed by atoms with Gasteiger partial charge in [-0.3, -0.25) is 0 Å². The molecule has 0 unspecified atom stereocenters. The van der Waals surface area contributed by atoms with E-state index in [0.29, 0.717) is 17.8 Å². The van der Waals surface area contributed by atoms with E-state index in [2.05, 4.69) is 90.7 Å². The fourth-order valence-electron chi connectivity index (χ4n) is 3.09. The standard InChI is InChI=1S/C22H31P/c1-15(2)18-13-20(16(3)4)22(21(14-18)17(5)6)23(7)19-11-9-8-10-12-19/h8-17H,1-7H3/t23-/m1/s1. The maximum Gasteiger partial charge on any atom is -0.0129 e. The number of rotatable bonds is 5. The molecule has 0 amide bonds. The minimum atomic E-state index is -0.309. The molecule has 0 aromatic heterocycles. The Balaban J connectivity index is 2.69. The smallest absolute Gasteiger partial charge is 0.0129 e. The van der Waals surface area contributed by atoms with Gasteiger partial charge in [-0.05, 0) is 59.6 Å². The van der Waals surface area contributed by atoms with Crippen molar-refractivity contribution in [2.45, 2.75) is 59.3 Å². The van der Waals surface area contributed by atoms with E-state index in [4.69, 9.17) is 0 Å². The van der Waals surface area contributed by atoms with Crippen molar-refractivity contribution < 1.29 is 0 Å². The second-order valence-electron chi connectivity index (χ2n) is 7.41. The summed E-state index contributed by atoms with van der Waals surface area (Å²) in [5.74, 6) is 1.71. The van der Waals surface area contributed by atoms with Crippen LogP contribution in [0.3, 0.4) is 0 Å². The molecule has 0 nitrogen and oxygen atoms in total. The zero-order chi connectivity index (χ0) is 17.1. The van der Waals surface area contributed by atoms with Crippen molar-refractivity contribution in [2.75, 3.05) is 6.66 Å². The fraction of sp³-hybridized carbons (Fsp3) is 0.455. The van der Waals surface area contributed by atoms with Crippen LogP contribution in [0.25, 0.3) is 0 Å². The highest BCUT2D eigenvalue weighted by Crippen LogP contribution is 2.38. The molecule has 0 radical (unpaired) electrons. The maximum atomic E-state index is 2.47. The van der Waals surface area contributed by atoms with Crippen LogP contribution in [0.4, 0.5) is 0 Å². The molecule has 0 heterocycles. The SMILES string of the molecule is CC(C)c1cc(C(C)C)c([P@](C)c2ccccc2)c(C(C)C)c1. The summed E-state index contributed by atoms with van der Waals surface area (Å²) in [5.41, 5.74) is 4.59. The maximum absolute atomic E-state index is 2.47. The third-order valence-electron chi connectivity index (χ3n) is 4.58. The first-order valence-corrected chi connectivity index (χ1v) is 10.6. The van der Waals surface area contributed by atoms with Crippen LogP contribution in [0, 0.1) is 0 Å². The Morgan fingerprint density at radius 1 is 0.696 bits per heavy atom. The van der Waals surface area contributed by atoms with Gasteiger partial charge >= 0.3 is 0 Å². The summed E-state index contributed by atoms with van der Waals surface area (Å²) >= 11 is 0. The van der Waals surface area contributed by atoms with Crippen LogP contribution in [0.5, 0.6) is 0 Å². The van der Waals surface area contributed by atoms with E-state index in [-0.39, 0.29) is 7.92 Å². The summed E-state index contributed by atoms with van der Waals surface area (Å²) in [5, 5.41) is 3.09. The second-order valence-corrected chi connectivity index (χ2v) is 9.49. The average molecular weight is 326 g/mol. The predicted octanol–water partition coefficient (Wildman–Crippen LogP) is 6.12. The molecule has 23 heavy (non-hydrogen) atoms. The molecule has 0 aliphatic carbocycles. The quantitative estimate of drug-likeness (QED) is 0.581. The van der Waals surface area contributed by atoms with Gasteiger partial charge < -0.3 is 0 Å². The van der Waals surface area contributed by atoms with E-state index in [1.165, 1.54) is 10.9 Å². The molecule has 0 aliphatic heterocycles. The van der Waals surface area contributed by atoms with Crippen molar-refractivity contribution >= 4 is 18.5 Å². The molecule has 0 spiro atoms. The lowest BCUT2D eigenvalue weighted by Gasteiger charge is -2.27. The highest BCUT2D eigenvalue weighted by Gasteiger charge is 2.21. The first-order valence-electron chi connectivity index (χ1n) is 8.79. The molecular formula is C22H31P. The Morgan fingerprint density at radius 3 is 1.57 bits per heavy atom. The van der Waals surface area contributed by atoms with Gasteiger partial charge in [0, 0.05) is 0 Å². The Hall–Kier alpha value is -1.13. The molecule has 0 aliphatic rings. The summed E-state index contributed by atoms with van der Waals surface area (Å²) < 4.78 is 0. The molecule has 124 valence electrons. The van der Waals surface area contributed by atoms with Crippen molar-refractivity contribution in [1.82, 2.24) is 0 Å². The van der Waals surface area contributed by atoms with Crippen LogP contribution in [0.1, 0.15) is 76.0 Å². The van der Waals surface area contributed by atoms with E-state index in [9.17, 15) is 0 Å². The van der Waals surface area contributed by atoms with Crippen molar-refractivity contribution in [3.8, 4) is 0 Å². The van der Waals surface area contributed by atoms with E-state index < -0.39 is 0 Å².